The van der Waals surface area contributed by atoms with Gasteiger partial charge in [0.15, 0.2) is 0 Å². The third kappa shape index (κ3) is 149. The van der Waals surface area contributed by atoms with E-state index in [0.717, 1.165) is 142 Å². The van der Waals surface area contributed by atoms with Crippen molar-refractivity contribution in [3.8, 4) is 0 Å². The molecule has 0 aromatic heterocycles. The van der Waals surface area contributed by atoms with E-state index in [0.29, 0.717) is 11.9 Å². The molecule has 0 amide bonds. The first kappa shape index (κ1) is 113. The van der Waals surface area contributed by atoms with Crippen LogP contribution in [-0.2, 0) is 47.7 Å². The fourth-order valence-electron chi connectivity index (χ4n) is 6.94. The van der Waals surface area contributed by atoms with Crippen molar-refractivity contribution in [3.63, 3.8) is 0 Å². The molecule has 10 nitrogen and oxygen atoms in total. The number of sulfone groups is 1. The molecule has 572 valence electrons. The Kier molecular flexibility index (Phi) is 130. The molecule has 3 aliphatic carbocycles. The van der Waals surface area contributed by atoms with Crippen LogP contribution in [0, 0.1) is 23.7 Å². The van der Waals surface area contributed by atoms with Crippen LogP contribution in [0.5, 0.6) is 0 Å². The zero-order chi connectivity index (χ0) is 72.5. The van der Waals surface area contributed by atoms with Crippen molar-refractivity contribution in [1.82, 2.24) is 0 Å². The lowest BCUT2D eigenvalue weighted by molar-refractivity contribution is -0.130. The molecule has 5 aliphatic rings. The Hall–Kier alpha value is -0.580. The van der Waals surface area contributed by atoms with Gasteiger partial charge in [0.1, 0.15) is 9.84 Å². The number of hydrogen-bond donors (Lipinski definition) is 0. The monoisotopic (exact) mass is 1360 g/mol. The highest BCUT2D eigenvalue weighted by molar-refractivity contribution is 7.90. The van der Waals surface area contributed by atoms with Crippen molar-refractivity contribution >= 4 is 9.84 Å². The number of halogens is 3. The van der Waals surface area contributed by atoms with Crippen LogP contribution in [-0.4, -0.2) is 133 Å². The van der Waals surface area contributed by atoms with Gasteiger partial charge in [-0.3, -0.25) is 0 Å². The molecule has 0 radical (unpaired) electrons. The fourth-order valence-corrected chi connectivity index (χ4v) is 7.68. The predicted octanol–water partition coefficient (Wildman–Crippen LogP) is 25.4. The van der Waals surface area contributed by atoms with Crippen LogP contribution < -0.4 is 0 Å². The van der Waals surface area contributed by atoms with Gasteiger partial charge >= 0.3 is 6.18 Å². The van der Waals surface area contributed by atoms with Gasteiger partial charge in [0.2, 0.25) is 0 Å². The minimum atomic E-state index is -3.96. The van der Waals surface area contributed by atoms with Crippen LogP contribution >= 0.6 is 0 Å². The van der Waals surface area contributed by atoms with E-state index in [1.165, 1.54) is 192 Å². The highest BCUT2D eigenvalue weighted by Gasteiger charge is 2.22. The van der Waals surface area contributed by atoms with E-state index in [2.05, 4.69) is 118 Å². The minimum absolute atomic E-state index is 0.312. The molecule has 1 unspecified atom stereocenters. The van der Waals surface area contributed by atoms with Crippen molar-refractivity contribution in [3.05, 3.63) is 0 Å². The lowest BCUT2D eigenvalue weighted by Gasteiger charge is -2.22. The van der Waals surface area contributed by atoms with Crippen LogP contribution in [0.1, 0.15) is 363 Å². The number of unbranched alkanes of at least 4 members (excludes halogenated alkanes) is 7. The van der Waals surface area contributed by atoms with Gasteiger partial charge in [0, 0.05) is 119 Å². The highest BCUT2D eigenvalue weighted by Crippen LogP contribution is 2.31. The molecule has 14 heteroatoms. The van der Waals surface area contributed by atoms with Gasteiger partial charge in [-0.05, 0) is 120 Å². The molecular weight excluding hydrogens is 1190 g/mol. The molecule has 1 atom stereocenters. The molecule has 0 N–H and O–H groups in total. The smallest absolute Gasteiger partial charge is 0.385 e. The summed E-state index contributed by atoms with van der Waals surface area (Å²) in [6.45, 7) is 53.4. The number of hydrogen-bond acceptors (Lipinski definition) is 10. The Balaban J connectivity index is -0.0000000982. The summed E-state index contributed by atoms with van der Waals surface area (Å²) >= 11 is 0. The van der Waals surface area contributed by atoms with Gasteiger partial charge < -0.3 is 37.9 Å². The Morgan fingerprint density at radius 1 is 0.380 bits per heavy atom. The molecule has 5 fully saturated rings. The third-order valence-corrected chi connectivity index (χ3v) is 15.5. The van der Waals surface area contributed by atoms with Crippen LogP contribution in [0.2, 0.25) is 0 Å². The summed E-state index contributed by atoms with van der Waals surface area (Å²) in [7, 11) is 2.50. The Bertz CT molecular complexity index is 1160. The highest BCUT2D eigenvalue weighted by atomic mass is 32.2. The molecule has 2 heterocycles. The average Bonchev–Trinajstić information content (AvgIpc) is 4.10. The Morgan fingerprint density at radius 3 is 0.870 bits per heavy atom. The quantitative estimate of drug-likeness (QED) is 0.0645. The standard InChI is InChI=1S/C7H14O.C7H16O.C6H12O.2C6H14O.C6H12.2C5H12O.2C5H10.C5H12.C4H10O2S.C4H10O.C4H10.C3H5F3/c1-2-7-3-5-8-6-4-7;1-3-5-7-8-6-4-2;1-2-6-4-3-5-7-6;1-3-5-6-7-4-2;1-3-5-7-6-4-2;1-2-6-4-3-5-6;2*1-3-4-5-6-2;1-5-3-2-4-5;1-2-5-3-4-5;1-3-5-4-2;1-3-4-7(2,5)6;1-3-4-5-2;1-3-4-2;1-2-3(4,5)6/h7H,2-6H2,1H3;3-7H2,1-2H3;6H,2-5H2,1H3;2*3-6H2,1-2H3;6H,2-5H2,1H3;2*3-5H2,1-2H3;2*5H,2-4H2,1H3;3-5H2,1-2H3;3-4H2,1-2H3;3-4H2,1-2H3;3-4H2,1-2H3;2H2,1H3. The van der Waals surface area contributed by atoms with Gasteiger partial charge in [-0.1, -0.05) is 260 Å². The maximum atomic E-state index is 10.8. The van der Waals surface area contributed by atoms with Crippen molar-refractivity contribution in [2.45, 2.75) is 375 Å². The summed E-state index contributed by atoms with van der Waals surface area (Å²) in [5, 5.41) is 0. The second kappa shape index (κ2) is 106. The van der Waals surface area contributed by atoms with Crippen LogP contribution in [0.3, 0.4) is 0 Å². The van der Waals surface area contributed by atoms with Gasteiger partial charge in [-0.15, -0.1) is 0 Å². The van der Waals surface area contributed by atoms with Gasteiger partial charge in [0.05, 0.1) is 6.10 Å². The van der Waals surface area contributed by atoms with E-state index in [4.69, 9.17) is 37.9 Å². The lowest BCUT2D eigenvalue weighted by atomic mass is 9.84. The lowest BCUT2D eigenvalue weighted by Crippen LogP contribution is -2.14. The zero-order valence-corrected chi connectivity index (χ0v) is 67.8. The van der Waals surface area contributed by atoms with Crippen LogP contribution in [0.15, 0.2) is 0 Å². The van der Waals surface area contributed by atoms with E-state index in [1.807, 2.05) is 13.8 Å². The number of methoxy groups -OCH3 is 3. The molecule has 2 aliphatic heterocycles. The first-order chi connectivity index (χ1) is 44.1. The molecule has 3 saturated carbocycles. The summed E-state index contributed by atoms with van der Waals surface area (Å²) in [6, 6.07) is 0. The van der Waals surface area contributed by atoms with Crippen molar-refractivity contribution in [2.24, 2.45) is 23.7 Å². The Labute approximate surface area is 578 Å². The van der Waals surface area contributed by atoms with Crippen molar-refractivity contribution in [1.29, 1.82) is 0 Å². The molecule has 0 aromatic carbocycles. The normalized spacial score (nSPS) is 15.0. The summed E-state index contributed by atoms with van der Waals surface area (Å²) < 4.78 is 93.0. The molecule has 2 saturated heterocycles. The van der Waals surface area contributed by atoms with Gasteiger partial charge in [-0.25, -0.2) is 8.42 Å². The largest absolute Gasteiger partial charge is 0.388 e. The van der Waals surface area contributed by atoms with E-state index in [9.17, 15) is 21.6 Å². The topological polar surface area (TPSA) is 108 Å². The SMILES string of the molecule is CC1CCC1.CCC(F)(F)F.CCC1CC1.CCC1CCC1.CCC1CCCO1.CCC1CCOCC1.CCCC.CCCCC.CCCCOC.CCCCOC.CCCCOCC.CCCCOCCC.CCCOC.CCCOCCC.CCCS(C)(=O)=O. The summed E-state index contributed by atoms with van der Waals surface area (Å²) in [4.78, 5) is 0. The summed E-state index contributed by atoms with van der Waals surface area (Å²) in [5.41, 5.74) is 0. The average molecular weight is 1360 g/mol. The number of ether oxygens (including phenoxy) is 8. The maximum Gasteiger partial charge on any atom is 0.388 e. The number of alkyl halides is 3. The third-order valence-electron chi connectivity index (χ3n) is 14.4. The summed E-state index contributed by atoms with van der Waals surface area (Å²) in [6.07, 6.45) is 41.4. The van der Waals surface area contributed by atoms with Crippen molar-refractivity contribution < 1.29 is 59.5 Å². The van der Waals surface area contributed by atoms with Gasteiger partial charge in [0.25, 0.3) is 0 Å². The predicted molar refractivity (Wildman–Crippen MR) is 403 cm³/mol. The molecule has 5 rings (SSSR count). The van der Waals surface area contributed by atoms with Gasteiger partial charge in [-0.2, -0.15) is 13.2 Å². The zero-order valence-electron chi connectivity index (χ0n) is 67.0. The number of rotatable bonds is 30. The second-order valence-electron chi connectivity index (χ2n) is 24.4. The first-order valence-electron chi connectivity index (χ1n) is 38.7. The second-order valence-corrected chi connectivity index (χ2v) is 26.6. The fraction of sp³-hybridized carbons (Fsp3) is 1.00. The first-order valence-corrected chi connectivity index (χ1v) is 40.8. The molecule has 92 heavy (non-hydrogen) atoms. The van der Waals surface area contributed by atoms with Crippen LogP contribution in [0.25, 0.3) is 0 Å². The van der Waals surface area contributed by atoms with E-state index in [-0.39, 0.29) is 0 Å². The molecule has 0 aromatic rings. The van der Waals surface area contributed by atoms with E-state index < -0.39 is 22.4 Å². The van der Waals surface area contributed by atoms with E-state index >= 15 is 0 Å². The van der Waals surface area contributed by atoms with Crippen LogP contribution in [0.4, 0.5) is 13.2 Å². The van der Waals surface area contributed by atoms with E-state index in [1.54, 1.807) is 21.3 Å². The maximum absolute atomic E-state index is 10.8. The summed E-state index contributed by atoms with van der Waals surface area (Å²) in [5.74, 6) is 4.59. The molecular formula is C78H173F3O10S. The minimum Gasteiger partial charge on any atom is -0.385 e. The molecule has 0 spiro atoms. The molecule has 0 bridgehead atoms. The Morgan fingerprint density at radius 2 is 0.728 bits per heavy atom. The van der Waals surface area contributed by atoms with Crippen molar-refractivity contribution in [2.75, 3.05) is 113 Å².